The molecule has 0 radical (unpaired) electrons. The number of hydrogen-bond acceptors (Lipinski definition) is 2. The van der Waals surface area contributed by atoms with Crippen molar-refractivity contribution in [3.05, 3.63) is 65.1 Å². The van der Waals surface area contributed by atoms with Crippen LogP contribution in [0.15, 0.2) is 59.5 Å². The molecule has 0 aliphatic carbocycles. The van der Waals surface area contributed by atoms with Crippen molar-refractivity contribution in [3.63, 3.8) is 0 Å². The molecule has 0 saturated heterocycles. The van der Waals surface area contributed by atoms with Crippen LogP contribution in [0, 0.1) is 0 Å². The van der Waals surface area contributed by atoms with Crippen LogP contribution in [0.3, 0.4) is 0 Å². The zero-order chi connectivity index (χ0) is 14.4. The van der Waals surface area contributed by atoms with Crippen molar-refractivity contribution >= 4 is 21.9 Å². The standard InChI is InChI=1S/C17H13N3O/c1-20-10-12(11-6-2-5-9-15(11)20)16-17(21)19-14-8-4-3-7-13(14)18-16/h2-10H,1H3,(H,19,21). The van der Waals surface area contributed by atoms with Gasteiger partial charge in [-0.2, -0.15) is 0 Å². The Balaban J connectivity index is 2.09. The van der Waals surface area contributed by atoms with Gasteiger partial charge in [-0.3, -0.25) is 4.79 Å². The van der Waals surface area contributed by atoms with E-state index in [2.05, 4.69) is 9.97 Å². The SMILES string of the molecule is Cn1cc(-c2nc3ccccc3[nH]c2=O)c2ccccc21. The number of rotatable bonds is 1. The fourth-order valence-electron chi connectivity index (χ4n) is 2.74. The van der Waals surface area contributed by atoms with E-state index in [1.165, 1.54) is 0 Å². The van der Waals surface area contributed by atoms with E-state index < -0.39 is 0 Å². The van der Waals surface area contributed by atoms with E-state index in [4.69, 9.17) is 0 Å². The summed E-state index contributed by atoms with van der Waals surface area (Å²) in [5.74, 6) is 0. The van der Waals surface area contributed by atoms with E-state index >= 15 is 0 Å². The Kier molecular flexibility index (Phi) is 2.44. The van der Waals surface area contributed by atoms with Crippen molar-refractivity contribution in [1.29, 1.82) is 0 Å². The molecule has 0 bridgehead atoms. The number of benzene rings is 2. The summed E-state index contributed by atoms with van der Waals surface area (Å²) in [6.45, 7) is 0. The largest absolute Gasteiger partial charge is 0.350 e. The Morgan fingerprint density at radius 1 is 1.05 bits per heavy atom. The average Bonchev–Trinajstić information content (AvgIpc) is 2.84. The van der Waals surface area contributed by atoms with Crippen LogP contribution in [-0.4, -0.2) is 14.5 Å². The molecule has 4 nitrogen and oxygen atoms in total. The molecule has 0 saturated carbocycles. The number of fused-ring (bicyclic) bond motifs is 2. The third-order valence-corrected chi connectivity index (χ3v) is 3.75. The van der Waals surface area contributed by atoms with Gasteiger partial charge in [0.2, 0.25) is 0 Å². The first kappa shape index (κ1) is 11.9. The maximum Gasteiger partial charge on any atom is 0.275 e. The summed E-state index contributed by atoms with van der Waals surface area (Å²) in [5.41, 5.74) is 3.80. The minimum Gasteiger partial charge on any atom is -0.350 e. The summed E-state index contributed by atoms with van der Waals surface area (Å²) < 4.78 is 2.01. The Hall–Kier alpha value is -2.88. The van der Waals surface area contributed by atoms with Crippen molar-refractivity contribution in [3.8, 4) is 11.3 Å². The molecule has 0 amide bonds. The number of aromatic amines is 1. The van der Waals surface area contributed by atoms with Crippen molar-refractivity contribution < 1.29 is 0 Å². The molecule has 0 atom stereocenters. The van der Waals surface area contributed by atoms with Gasteiger partial charge in [-0.15, -0.1) is 0 Å². The number of nitrogens with zero attached hydrogens (tertiary/aromatic N) is 2. The molecule has 0 aliphatic heterocycles. The van der Waals surface area contributed by atoms with Crippen molar-refractivity contribution in [2.75, 3.05) is 0 Å². The lowest BCUT2D eigenvalue weighted by Crippen LogP contribution is -2.11. The van der Waals surface area contributed by atoms with Crippen molar-refractivity contribution in [2.24, 2.45) is 7.05 Å². The molecule has 21 heavy (non-hydrogen) atoms. The molecule has 0 unspecified atom stereocenters. The zero-order valence-corrected chi connectivity index (χ0v) is 11.5. The second-order valence-corrected chi connectivity index (χ2v) is 5.10. The van der Waals surface area contributed by atoms with E-state index in [9.17, 15) is 4.79 Å². The topological polar surface area (TPSA) is 50.7 Å². The van der Waals surface area contributed by atoms with Gasteiger partial charge in [-0.1, -0.05) is 30.3 Å². The molecular formula is C17H13N3O. The molecular weight excluding hydrogens is 262 g/mol. The van der Waals surface area contributed by atoms with Crippen molar-refractivity contribution in [2.45, 2.75) is 0 Å². The minimum absolute atomic E-state index is 0.162. The molecule has 2 heterocycles. The maximum absolute atomic E-state index is 12.4. The summed E-state index contributed by atoms with van der Waals surface area (Å²) in [6.07, 6.45) is 1.96. The number of nitrogens with one attached hydrogen (secondary N) is 1. The Morgan fingerprint density at radius 3 is 2.71 bits per heavy atom. The molecule has 0 spiro atoms. The fraction of sp³-hybridized carbons (Fsp3) is 0.0588. The first-order valence-electron chi connectivity index (χ1n) is 6.77. The third kappa shape index (κ3) is 1.76. The Morgan fingerprint density at radius 2 is 1.81 bits per heavy atom. The predicted octanol–water partition coefficient (Wildman–Crippen LogP) is 3.08. The number of H-pyrrole nitrogens is 1. The van der Waals surface area contributed by atoms with Gasteiger partial charge in [-0.25, -0.2) is 4.98 Å². The summed E-state index contributed by atoms with van der Waals surface area (Å²) in [4.78, 5) is 19.8. The van der Waals surface area contributed by atoms with Gasteiger partial charge >= 0.3 is 0 Å². The number of hydrogen-bond donors (Lipinski definition) is 1. The summed E-state index contributed by atoms with van der Waals surface area (Å²) in [6, 6.07) is 15.6. The van der Waals surface area contributed by atoms with E-state index in [0.717, 1.165) is 27.5 Å². The molecule has 102 valence electrons. The molecule has 4 rings (SSSR count). The van der Waals surface area contributed by atoms with E-state index in [-0.39, 0.29) is 5.56 Å². The van der Waals surface area contributed by atoms with Gasteiger partial charge in [-0.05, 0) is 18.2 Å². The number of aromatic nitrogens is 3. The molecule has 2 aromatic carbocycles. The number of aryl methyl sites for hydroxylation is 1. The third-order valence-electron chi connectivity index (χ3n) is 3.75. The van der Waals surface area contributed by atoms with Crippen LogP contribution in [0.4, 0.5) is 0 Å². The molecule has 1 N–H and O–H groups in total. The first-order chi connectivity index (χ1) is 10.2. The van der Waals surface area contributed by atoms with Gasteiger partial charge in [0.1, 0.15) is 5.69 Å². The highest BCUT2D eigenvalue weighted by molar-refractivity contribution is 5.95. The zero-order valence-electron chi connectivity index (χ0n) is 11.5. The van der Waals surface area contributed by atoms with Crippen LogP contribution < -0.4 is 5.56 Å². The van der Waals surface area contributed by atoms with Crippen LogP contribution in [0.5, 0.6) is 0 Å². The number of para-hydroxylation sites is 3. The van der Waals surface area contributed by atoms with E-state index in [1.807, 2.05) is 66.3 Å². The molecule has 4 aromatic rings. The van der Waals surface area contributed by atoms with Crippen LogP contribution in [0.1, 0.15) is 0 Å². The van der Waals surface area contributed by atoms with Crippen LogP contribution >= 0.6 is 0 Å². The summed E-state index contributed by atoms with van der Waals surface area (Å²) in [5, 5.41) is 1.04. The normalized spacial score (nSPS) is 11.3. The summed E-state index contributed by atoms with van der Waals surface area (Å²) in [7, 11) is 1.97. The monoisotopic (exact) mass is 275 g/mol. The quantitative estimate of drug-likeness (QED) is 0.580. The van der Waals surface area contributed by atoms with Gasteiger partial charge in [0.15, 0.2) is 0 Å². The van der Waals surface area contributed by atoms with Gasteiger partial charge in [0, 0.05) is 29.7 Å². The maximum atomic E-state index is 12.4. The van der Waals surface area contributed by atoms with E-state index in [1.54, 1.807) is 0 Å². The molecule has 4 heteroatoms. The molecule has 0 aliphatic rings. The lowest BCUT2D eigenvalue weighted by molar-refractivity contribution is 0.969. The van der Waals surface area contributed by atoms with Crippen LogP contribution in [0.2, 0.25) is 0 Å². The second kappa shape index (κ2) is 4.31. The highest BCUT2D eigenvalue weighted by atomic mass is 16.1. The van der Waals surface area contributed by atoms with Crippen molar-refractivity contribution in [1.82, 2.24) is 14.5 Å². The molecule has 0 fully saturated rings. The van der Waals surface area contributed by atoms with Gasteiger partial charge in [0.25, 0.3) is 5.56 Å². The smallest absolute Gasteiger partial charge is 0.275 e. The first-order valence-corrected chi connectivity index (χ1v) is 6.77. The van der Waals surface area contributed by atoms with Gasteiger partial charge < -0.3 is 9.55 Å². The highest BCUT2D eigenvalue weighted by Gasteiger charge is 2.13. The fourth-order valence-corrected chi connectivity index (χ4v) is 2.74. The van der Waals surface area contributed by atoms with Crippen LogP contribution in [0.25, 0.3) is 33.2 Å². The van der Waals surface area contributed by atoms with Gasteiger partial charge in [0.05, 0.1) is 11.0 Å². The van der Waals surface area contributed by atoms with Crippen LogP contribution in [-0.2, 0) is 7.05 Å². The van der Waals surface area contributed by atoms with E-state index in [0.29, 0.717) is 5.69 Å². The lowest BCUT2D eigenvalue weighted by atomic mass is 10.1. The average molecular weight is 275 g/mol. The summed E-state index contributed by atoms with van der Waals surface area (Å²) >= 11 is 0. The second-order valence-electron chi connectivity index (χ2n) is 5.10. The Labute approximate surface area is 120 Å². The molecule has 2 aromatic heterocycles. The highest BCUT2D eigenvalue weighted by Crippen LogP contribution is 2.27. The Bertz CT molecular complexity index is 1030. The minimum atomic E-state index is -0.162. The lowest BCUT2D eigenvalue weighted by Gasteiger charge is -2.01. The predicted molar refractivity (Wildman–Crippen MR) is 84.3 cm³/mol.